The molecule has 8 nitrogen and oxygen atoms in total. The summed E-state index contributed by atoms with van der Waals surface area (Å²) in [7, 11) is 1.31. The van der Waals surface area contributed by atoms with Gasteiger partial charge < -0.3 is 14.2 Å². The Morgan fingerprint density at radius 3 is 2.43 bits per heavy atom. The summed E-state index contributed by atoms with van der Waals surface area (Å²) in [4.78, 5) is 39.6. The van der Waals surface area contributed by atoms with Crippen LogP contribution in [0.2, 0.25) is 0 Å². The minimum Gasteiger partial charge on any atom is -0.467 e. The van der Waals surface area contributed by atoms with Crippen molar-refractivity contribution in [3.8, 4) is 0 Å². The fraction of sp³-hybridized carbons (Fsp3) is 0.370. The smallest absolute Gasteiger partial charge is 0.418 e. The van der Waals surface area contributed by atoms with Gasteiger partial charge in [0.25, 0.3) is 0 Å². The van der Waals surface area contributed by atoms with Crippen LogP contribution < -0.4 is 0 Å². The van der Waals surface area contributed by atoms with E-state index in [1.807, 2.05) is 75.4 Å². The molecule has 3 aromatic rings. The number of likely N-dealkylation sites (tertiary alicyclic amines) is 1. The number of aromatic nitrogens is 1. The Kier molecular flexibility index (Phi) is 6.82. The van der Waals surface area contributed by atoms with Crippen LogP contribution in [0.5, 0.6) is 0 Å². The second-order valence-corrected chi connectivity index (χ2v) is 9.58. The number of benzene rings is 2. The molecule has 1 aliphatic rings. The Bertz CT molecular complexity index is 1230. The molecule has 2 atom stereocenters. The zero-order valence-corrected chi connectivity index (χ0v) is 20.4. The number of rotatable bonds is 4. The molecule has 4 rings (SSSR count). The Balaban J connectivity index is 1.55. The highest BCUT2D eigenvalue weighted by molar-refractivity contribution is 5.90. The number of carbonyl (C=O) groups is 3. The first-order valence-corrected chi connectivity index (χ1v) is 11.6. The third-order valence-electron chi connectivity index (χ3n) is 6.01. The molecule has 184 valence electrons. The Labute approximate surface area is 204 Å². The van der Waals surface area contributed by atoms with Gasteiger partial charge in [0.1, 0.15) is 18.2 Å². The van der Waals surface area contributed by atoms with Crippen LogP contribution in [-0.2, 0) is 25.6 Å². The van der Waals surface area contributed by atoms with Gasteiger partial charge in [-0.25, -0.2) is 14.4 Å². The molecule has 0 N–H and O–H groups in total. The predicted molar refractivity (Wildman–Crippen MR) is 130 cm³/mol. The average Bonchev–Trinajstić information content (AvgIpc) is 3.46. The van der Waals surface area contributed by atoms with Crippen LogP contribution in [0.3, 0.4) is 0 Å². The first-order valence-electron chi connectivity index (χ1n) is 11.6. The summed E-state index contributed by atoms with van der Waals surface area (Å²) in [5.41, 5.74) is 1.85. The zero-order valence-electron chi connectivity index (χ0n) is 20.4. The van der Waals surface area contributed by atoms with Crippen molar-refractivity contribution in [2.45, 2.75) is 51.4 Å². The quantitative estimate of drug-likeness (QED) is 0.383. The molecule has 2 heterocycles. The van der Waals surface area contributed by atoms with Crippen molar-refractivity contribution in [1.29, 1.82) is 0 Å². The number of esters is 1. The number of methoxy groups -OCH3 is 1. The molecule has 0 unspecified atom stereocenters. The lowest BCUT2D eigenvalue weighted by atomic mass is 9.91. The summed E-state index contributed by atoms with van der Waals surface area (Å²) in [6.45, 7) is 5.95. The highest BCUT2D eigenvalue weighted by atomic mass is 16.6. The number of nitrogens with zero attached hydrogens (tertiary/aromatic N) is 2. The van der Waals surface area contributed by atoms with E-state index in [2.05, 4.69) is 0 Å². The van der Waals surface area contributed by atoms with E-state index in [0.29, 0.717) is 18.5 Å². The van der Waals surface area contributed by atoms with Crippen LogP contribution >= 0.6 is 0 Å². The second kappa shape index (κ2) is 9.82. The fourth-order valence-electron chi connectivity index (χ4n) is 4.42. The van der Waals surface area contributed by atoms with Crippen molar-refractivity contribution in [3.63, 3.8) is 0 Å². The van der Waals surface area contributed by atoms with Gasteiger partial charge in [0.05, 0.1) is 12.6 Å². The number of hydrogen-bond acceptors (Lipinski definition) is 6. The van der Waals surface area contributed by atoms with E-state index in [1.165, 1.54) is 16.6 Å². The molecule has 8 heteroatoms. The topological polar surface area (TPSA) is 87.1 Å². The van der Waals surface area contributed by atoms with Crippen LogP contribution in [-0.4, -0.2) is 52.9 Å². The van der Waals surface area contributed by atoms with Gasteiger partial charge in [-0.3, -0.25) is 9.47 Å². The zero-order chi connectivity index (χ0) is 25.2. The normalized spacial score (nSPS) is 17.9. The summed E-state index contributed by atoms with van der Waals surface area (Å²) in [6.07, 6.45) is 1.24. The van der Waals surface area contributed by atoms with E-state index in [0.717, 1.165) is 16.5 Å². The molecule has 0 aliphatic carbocycles. The van der Waals surface area contributed by atoms with Crippen LogP contribution in [0.15, 0.2) is 60.8 Å². The first kappa shape index (κ1) is 24.3. The summed E-state index contributed by atoms with van der Waals surface area (Å²) in [6, 6.07) is 16.1. The summed E-state index contributed by atoms with van der Waals surface area (Å²) >= 11 is 0. The highest BCUT2D eigenvalue weighted by Gasteiger charge is 2.44. The Morgan fingerprint density at radius 1 is 1.00 bits per heavy atom. The third kappa shape index (κ3) is 5.31. The SMILES string of the molecule is COC(=O)[C@H]1[C@H](c2ccc3c(ccn3C(=O)OC(C)(C)C)c2)CCN1C(=O)OCc1ccccc1. The van der Waals surface area contributed by atoms with Crippen molar-refractivity contribution in [1.82, 2.24) is 9.47 Å². The van der Waals surface area contributed by atoms with Crippen molar-refractivity contribution >= 4 is 29.1 Å². The molecule has 0 spiro atoms. The second-order valence-electron chi connectivity index (χ2n) is 9.58. The molecule has 1 aliphatic heterocycles. The van der Waals surface area contributed by atoms with Crippen LogP contribution in [0.1, 0.15) is 44.2 Å². The number of hydrogen-bond donors (Lipinski definition) is 0. The monoisotopic (exact) mass is 478 g/mol. The lowest BCUT2D eigenvalue weighted by Crippen LogP contribution is -2.43. The molecule has 1 aromatic heterocycles. The molecule has 0 saturated carbocycles. The van der Waals surface area contributed by atoms with Crippen LogP contribution in [0.25, 0.3) is 10.9 Å². The minimum absolute atomic E-state index is 0.124. The lowest BCUT2D eigenvalue weighted by molar-refractivity contribution is -0.145. The molecule has 0 radical (unpaired) electrons. The molecule has 1 fully saturated rings. The maximum absolute atomic E-state index is 12.9. The van der Waals surface area contributed by atoms with Gasteiger partial charge in [-0.2, -0.15) is 0 Å². The van der Waals surface area contributed by atoms with E-state index in [-0.39, 0.29) is 12.5 Å². The van der Waals surface area contributed by atoms with Gasteiger partial charge in [-0.15, -0.1) is 0 Å². The number of amides is 1. The third-order valence-corrected chi connectivity index (χ3v) is 6.01. The minimum atomic E-state index is -0.798. The Hall–Kier alpha value is -3.81. The molecule has 1 amide bonds. The summed E-state index contributed by atoms with van der Waals surface area (Å²) in [5.74, 6) is -0.753. The Morgan fingerprint density at radius 2 is 1.74 bits per heavy atom. The van der Waals surface area contributed by atoms with Gasteiger partial charge in [-0.05, 0) is 56.5 Å². The molecule has 35 heavy (non-hydrogen) atoms. The molecular weight excluding hydrogens is 448 g/mol. The number of carbonyl (C=O) groups excluding carboxylic acids is 3. The van der Waals surface area contributed by atoms with Gasteiger partial charge in [0.15, 0.2) is 0 Å². The van der Waals surface area contributed by atoms with Gasteiger partial charge in [0.2, 0.25) is 0 Å². The summed E-state index contributed by atoms with van der Waals surface area (Å²) < 4.78 is 17.5. The molecule has 1 saturated heterocycles. The maximum Gasteiger partial charge on any atom is 0.418 e. The predicted octanol–water partition coefficient (Wildman–Crippen LogP) is 5.09. The highest BCUT2D eigenvalue weighted by Crippen LogP contribution is 2.36. The van der Waals surface area contributed by atoms with Crippen LogP contribution in [0, 0.1) is 0 Å². The number of fused-ring (bicyclic) bond motifs is 1. The molecule has 0 bridgehead atoms. The summed E-state index contributed by atoms with van der Waals surface area (Å²) in [5, 5.41) is 0.835. The van der Waals surface area contributed by atoms with E-state index in [1.54, 1.807) is 6.20 Å². The van der Waals surface area contributed by atoms with Gasteiger partial charge in [0, 0.05) is 24.0 Å². The van der Waals surface area contributed by atoms with Crippen molar-refractivity contribution < 1.29 is 28.6 Å². The standard InChI is InChI=1S/C27H30N2O6/c1-27(2,3)35-26(32)28-14-12-20-16-19(10-11-22(20)28)21-13-15-29(23(21)24(30)33-4)25(31)34-17-18-8-6-5-7-9-18/h5-12,14,16,21,23H,13,15,17H2,1-4H3/t21-,23+/m0/s1. The van der Waals surface area contributed by atoms with Crippen LogP contribution in [0.4, 0.5) is 9.59 Å². The van der Waals surface area contributed by atoms with E-state index < -0.39 is 29.8 Å². The van der Waals surface area contributed by atoms with E-state index >= 15 is 0 Å². The molecular formula is C27H30N2O6. The largest absolute Gasteiger partial charge is 0.467 e. The lowest BCUT2D eigenvalue weighted by Gasteiger charge is -2.25. The van der Waals surface area contributed by atoms with E-state index in [4.69, 9.17) is 14.2 Å². The van der Waals surface area contributed by atoms with E-state index in [9.17, 15) is 14.4 Å². The average molecular weight is 479 g/mol. The molecule has 2 aromatic carbocycles. The first-order chi connectivity index (χ1) is 16.7. The van der Waals surface area contributed by atoms with Crippen molar-refractivity contribution in [2.75, 3.05) is 13.7 Å². The van der Waals surface area contributed by atoms with Crippen molar-refractivity contribution in [3.05, 3.63) is 71.9 Å². The van der Waals surface area contributed by atoms with Gasteiger partial charge in [-0.1, -0.05) is 36.4 Å². The maximum atomic E-state index is 12.9. The van der Waals surface area contributed by atoms with Gasteiger partial charge >= 0.3 is 18.2 Å². The van der Waals surface area contributed by atoms with Crippen molar-refractivity contribution in [2.24, 2.45) is 0 Å². The number of ether oxygens (including phenoxy) is 3. The fourth-order valence-corrected chi connectivity index (χ4v) is 4.42.